The maximum atomic E-state index is 11.6. The van der Waals surface area contributed by atoms with Crippen molar-refractivity contribution < 1.29 is 14.3 Å². The lowest BCUT2D eigenvalue weighted by Crippen LogP contribution is -2.51. The first kappa shape index (κ1) is 11.3. The molecule has 3 unspecified atom stereocenters. The Kier molecular flexibility index (Phi) is 2.44. The number of fused-ring (bicyclic) bond motifs is 3. The van der Waals surface area contributed by atoms with Gasteiger partial charge < -0.3 is 9.47 Å². The number of carbonyl (C=O) groups is 1. The summed E-state index contributed by atoms with van der Waals surface area (Å²) in [5.74, 6) is 0.141. The van der Waals surface area contributed by atoms with Crippen molar-refractivity contribution in [2.75, 3.05) is 0 Å². The monoisotopic (exact) mass is 244 g/mol. The van der Waals surface area contributed by atoms with Gasteiger partial charge in [0.25, 0.3) is 0 Å². The molecular formula is C15H16O3. The third-order valence-electron chi connectivity index (χ3n) is 4.14. The Morgan fingerprint density at radius 1 is 1.44 bits per heavy atom. The number of hydrogen-bond donors (Lipinski definition) is 0. The minimum Gasteiger partial charge on any atom is -0.426 e. The molecule has 0 bridgehead atoms. The van der Waals surface area contributed by atoms with Crippen LogP contribution in [0.1, 0.15) is 24.5 Å². The summed E-state index contributed by atoms with van der Waals surface area (Å²) in [7, 11) is 0. The molecule has 0 spiro atoms. The first-order valence-corrected chi connectivity index (χ1v) is 6.25. The van der Waals surface area contributed by atoms with E-state index in [9.17, 15) is 4.79 Å². The van der Waals surface area contributed by atoms with E-state index in [1.807, 2.05) is 25.1 Å². The average molecular weight is 244 g/mol. The number of carbonyl (C=O) groups excluding carboxylic acids is 1. The SMILES string of the molecule is C=CC1OC(=O)OC2(C)c3ccccc3CCC12. The van der Waals surface area contributed by atoms with E-state index in [1.165, 1.54) is 5.56 Å². The molecule has 3 rings (SSSR count). The second-order valence-electron chi connectivity index (χ2n) is 5.08. The topological polar surface area (TPSA) is 35.5 Å². The molecule has 2 aliphatic rings. The van der Waals surface area contributed by atoms with Gasteiger partial charge in [0.15, 0.2) is 0 Å². The fourth-order valence-electron chi connectivity index (χ4n) is 3.22. The van der Waals surface area contributed by atoms with Gasteiger partial charge in [-0.15, -0.1) is 0 Å². The summed E-state index contributed by atoms with van der Waals surface area (Å²) < 4.78 is 10.7. The molecule has 1 saturated heterocycles. The van der Waals surface area contributed by atoms with Crippen molar-refractivity contribution in [3.63, 3.8) is 0 Å². The summed E-state index contributed by atoms with van der Waals surface area (Å²) in [4.78, 5) is 11.6. The first-order valence-electron chi connectivity index (χ1n) is 6.25. The third kappa shape index (κ3) is 1.47. The van der Waals surface area contributed by atoms with E-state index < -0.39 is 11.8 Å². The number of benzene rings is 1. The molecule has 3 atom stereocenters. The molecule has 0 amide bonds. The summed E-state index contributed by atoms with van der Waals surface area (Å²) in [5.41, 5.74) is 1.77. The number of rotatable bonds is 1. The highest BCUT2D eigenvalue weighted by Crippen LogP contribution is 2.47. The molecule has 0 N–H and O–H groups in total. The normalized spacial score (nSPS) is 33.7. The van der Waals surface area contributed by atoms with Gasteiger partial charge in [0.1, 0.15) is 11.7 Å². The summed E-state index contributed by atoms with van der Waals surface area (Å²) in [6, 6.07) is 8.15. The number of aryl methyl sites for hydroxylation is 1. The van der Waals surface area contributed by atoms with Crippen LogP contribution in [0.15, 0.2) is 36.9 Å². The van der Waals surface area contributed by atoms with Gasteiger partial charge in [0.2, 0.25) is 0 Å². The van der Waals surface area contributed by atoms with Crippen LogP contribution in [0, 0.1) is 5.92 Å². The zero-order valence-electron chi connectivity index (χ0n) is 10.4. The van der Waals surface area contributed by atoms with E-state index in [4.69, 9.17) is 9.47 Å². The third-order valence-corrected chi connectivity index (χ3v) is 4.14. The Labute approximate surface area is 106 Å². The lowest BCUT2D eigenvalue weighted by atomic mass is 9.69. The van der Waals surface area contributed by atoms with Crippen LogP contribution < -0.4 is 0 Å². The van der Waals surface area contributed by atoms with Crippen molar-refractivity contribution in [3.8, 4) is 0 Å². The van der Waals surface area contributed by atoms with Gasteiger partial charge in [-0.2, -0.15) is 0 Å². The lowest BCUT2D eigenvalue weighted by Gasteiger charge is -2.47. The van der Waals surface area contributed by atoms with Gasteiger partial charge in [0, 0.05) is 5.92 Å². The molecule has 0 saturated carbocycles. The van der Waals surface area contributed by atoms with E-state index in [0.29, 0.717) is 0 Å². The van der Waals surface area contributed by atoms with Crippen LogP contribution >= 0.6 is 0 Å². The second kappa shape index (κ2) is 3.87. The minimum atomic E-state index is -0.602. The molecule has 1 heterocycles. The molecule has 0 radical (unpaired) electrons. The maximum Gasteiger partial charge on any atom is 0.509 e. The van der Waals surface area contributed by atoms with Crippen LogP contribution in [-0.4, -0.2) is 12.3 Å². The van der Waals surface area contributed by atoms with Crippen molar-refractivity contribution in [2.24, 2.45) is 5.92 Å². The lowest BCUT2D eigenvalue weighted by molar-refractivity contribution is -0.148. The largest absolute Gasteiger partial charge is 0.509 e. The van der Waals surface area contributed by atoms with E-state index in [0.717, 1.165) is 18.4 Å². The molecule has 3 heteroatoms. The van der Waals surface area contributed by atoms with E-state index in [1.54, 1.807) is 6.08 Å². The molecule has 18 heavy (non-hydrogen) atoms. The quantitative estimate of drug-likeness (QED) is 0.562. The molecule has 1 aromatic rings. The molecule has 1 aromatic carbocycles. The molecule has 94 valence electrons. The van der Waals surface area contributed by atoms with Gasteiger partial charge in [0.05, 0.1) is 0 Å². The molecule has 1 fully saturated rings. The van der Waals surface area contributed by atoms with Gasteiger partial charge in [-0.3, -0.25) is 0 Å². The fraction of sp³-hybridized carbons (Fsp3) is 0.400. The minimum absolute atomic E-state index is 0.141. The van der Waals surface area contributed by atoms with Crippen LogP contribution in [0.25, 0.3) is 0 Å². The van der Waals surface area contributed by atoms with Crippen molar-refractivity contribution in [2.45, 2.75) is 31.5 Å². The Hall–Kier alpha value is -1.77. The van der Waals surface area contributed by atoms with E-state index >= 15 is 0 Å². The zero-order chi connectivity index (χ0) is 12.8. The number of ether oxygens (including phenoxy) is 2. The van der Waals surface area contributed by atoms with Gasteiger partial charge in [-0.25, -0.2) is 4.79 Å². The van der Waals surface area contributed by atoms with Gasteiger partial charge in [-0.05, 0) is 30.9 Å². The Morgan fingerprint density at radius 2 is 2.22 bits per heavy atom. The van der Waals surface area contributed by atoms with E-state index in [-0.39, 0.29) is 12.0 Å². The predicted molar refractivity (Wildman–Crippen MR) is 67.2 cm³/mol. The Morgan fingerprint density at radius 3 is 3.00 bits per heavy atom. The standard InChI is InChI=1S/C15H16O3/c1-3-13-12-9-8-10-6-4-5-7-11(10)15(12,2)18-14(16)17-13/h3-7,12-13H,1,8-9H2,2H3. The van der Waals surface area contributed by atoms with Crippen LogP contribution in [0.4, 0.5) is 4.79 Å². The predicted octanol–water partition coefficient (Wildman–Crippen LogP) is 3.19. The molecule has 0 aromatic heterocycles. The molecular weight excluding hydrogens is 228 g/mol. The van der Waals surface area contributed by atoms with Crippen LogP contribution in [0.5, 0.6) is 0 Å². The highest BCUT2D eigenvalue weighted by molar-refractivity contribution is 5.63. The van der Waals surface area contributed by atoms with Crippen molar-refractivity contribution >= 4 is 6.16 Å². The summed E-state index contributed by atoms with van der Waals surface area (Å²) in [5, 5.41) is 0. The smallest absolute Gasteiger partial charge is 0.426 e. The van der Waals surface area contributed by atoms with Crippen molar-refractivity contribution in [1.29, 1.82) is 0 Å². The number of cyclic esters (lactones) is 1. The van der Waals surface area contributed by atoms with Gasteiger partial charge >= 0.3 is 6.16 Å². The van der Waals surface area contributed by atoms with Crippen molar-refractivity contribution in [1.82, 2.24) is 0 Å². The first-order chi connectivity index (χ1) is 8.65. The summed E-state index contributed by atoms with van der Waals surface area (Å²) >= 11 is 0. The Balaban J connectivity index is 2.11. The summed E-state index contributed by atoms with van der Waals surface area (Å²) in [6.07, 6.45) is 2.77. The van der Waals surface area contributed by atoms with Crippen LogP contribution in [0.3, 0.4) is 0 Å². The van der Waals surface area contributed by atoms with E-state index in [2.05, 4.69) is 12.6 Å². The number of hydrogen-bond acceptors (Lipinski definition) is 3. The zero-order valence-corrected chi connectivity index (χ0v) is 10.4. The van der Waals surface area contributed by atoms with Crippen molar-refractivity contribution in [3.05, 3.63) is 48.0 Å². The van der Waals surface area contributed by atoms with Crippen LogP contribution in [0.2, 0.25) is 0 Å². The highest BCUT2D eigenvalue weighted by Gasteiger charge is 2.51. The molecule has 1 aliphatic heterocycles. The highest BCUT2D eigenvalue weighted by atomic mass is 16.7. The molecule has 3 nitrogen and oxygen atoms in total. The van der Waals surface area contributed by atoms with Gasteiger partial charge in [-0.1, -0.05) is 36.9 Å². The molecule has 1 aliphatic carbocycles. The summed E-state index contributed by atoms with van der Waals surface area (Å²) in [6.45, 7) is 5.74. The van der Waals surface area contributed by atoms with Crippen LogP contribution in [-0.2, 0) is 21.5 Å². The maximum absolute atomic E-state index is 11.6. The average Bonchev–Trinajstić information content (AvgIpc) is 2.37. The fourth-order valence-corrected chi connectivity index (χ4v) is 3.22. The second-order valence-corrected chi connectivity index (χ2v) is 5.08. The Bertz CT molecular complexity index is 508.